The van der Waals surface area contributed by atoms with Crippen molar-refractivity contribution in [1.82, 2.24) is 9.88 Å². The number of benzene rings is 2. The Morgan fingerprint density at radius 3 is 2.64 bits per heavy atom. The number of fused-ring (bicyclic) bond motifs is 1. The highest BCUT2D eigenvalue weighted by Gasteiger charge is 2.29. The summed E-state index contributed by atoms with van der Waals surface area (Å²) in [6.07, 6.45) is 0.930. The maximum absolute atomic E-state index is 12.5. The number of oxazole rings is 1. The Bertz CT molecular complexity index is 1240. The van der Waals surface area contributed by atoms with E-state index in [-0.39, 0.29) is 11.8 Å². The first-order valence-electron chi connectivity index (χ1n) is 11.1. The van der Waals surface area contributed by atoms with Crippen molar-refractivity contribution in [3.63, 3.8) is 0 Å². The van der Waals surface area contributed by atoms with Gasteiger partial charge in [-0.1, -0.05) is 37.3 Å². The summed E-state index contributed by atoms with van der Waals surface area (Å²) in [7, 11) is 1.67. The van der Waals surface area contributed by atoms with E-state index in [1.54, 1.807) is 13.1 Å². The van der Waals surface area contributed by atoms with Gasteiger partial charge in [-0.2, -0.15) is 5.26 Å². The first-order valence-corrected chi connectivity index (χ1v) is 11.1. The summed E-state index contributed by atoms with van der Waals surface area (Å²) < 4.78 is 12.1. The molecule has 3 N–H and O–H groups in total. The highest BCUT2D eigenvalue weighted by molar-refractivity contribution is 5.82. The fraction of sp³-hybridized carbons (Fsp3) is 0.400. The average Bonchev–Trinajstić information content (AvgIpc) is 3.35. The van der Waals surface area contributed by atoms with Crippen molar-refractivity contribution in [3.05, 3.63) is 58.6 Å². The van der Waals surface area contributed by atoms with Crippen molar-refractivity contribution in [2.24, 2.45) is 24.6 Å². The minimum absolute atomic E-state index is 0.266. The predicted octanol–water partition coefficient (Wildman–Crippen LogP) is 2.35. The Hall–Kier alpha value is -3.41. The van der Waals surface area contributed by atoms with Crippen LogP contribution in [0.5, 0.6) is 0 Å². The third-order valence-electron chi connectivity index (χ3n) is 6.40. The van der Waals surface area contributed by atoms with E-state index in [2.05, 4.69) is 18.3 Å². The van der Waals surface area contributed by atoms with Crippen LogP contribution >= 0.6 is 0 Å². The molecular weight excluding hydrogens is 420 g/mol. The van der Waals surface area contributed by atoms with Crippen LogP contribution in [0.4, 0.5) is 0 Å². The van der Waals surface area contributed by atoms with E-state index >= 15 is 0 Å². The lowest BCUT2D eigenvalue weighted by Crippen LogP contribution is -2.46. The lowest BCUT2D eigenvalue weighted by atomic mass is 9.91. The van der Waals surface area contributed by atoms with E-state index in [0.29, 0.717) is 37.6 Å². The SMILES string of the molecule is CC1COC[C@H]1C[C@H](N)C(=O)N[C@H](C#N)Cc1ccc(-c2ccc3oc(=O)n(C)c3c2)cc1. The van der Waals surface area contributed by atoms with Gasteiger partial charge in [-0.3, -0.25) is 9.36 Å². The normalized spacial score (nSPS) is 19.8. The molecule has 2 aromatic carbocycles. The second-order valence-electron chi connectivity index (χ2n) is 8.82. The van der Waals surface area contributed by atoms with Crippen molar-refractivity contribution in [2.45, 2.75) is 31.8 Å². The number of hydrogen-bond acceptors (Lipinski definition) is 6. The number of carbonyl (C=O) groups is 1. The van der Waals surface area contributed by atoms with Gasteiger partial charge in [0.25, 0.3) is 0 Å². The van der Waals surface area contributed by atoms with Crippen LogP contribution in [-0.4, -0.2) is 35.8 Å². The standard InChI is InChI=1S/C25H28N4O4/c1-15-13-32-14-19(15)10-21(27)24(30)28-20(12-26)9-16-3-5-17(6-4-16)18-7-8-23-22(11-18)29(2)25(31)33-23/h3-8,11,15,19-21H,9-10,13-14,27H2,1-2H3,(H,28,30)/t15?,19-,20+,21+/m1/s1. The molecule has 0 saturated carbocycles. The van der Waals surface area contributed by atoms with Crippen molar-refractivity contribution in [3.8, 4) is 17.2 Å². The van der Waals surface area contributed by atoms with Gasteiger partial charge in [-0.05, 0) is 47.1 Å². The molecule has 0 radical (unpaired) electrons. The van der Waals surface area contributed by atoms with E-state index in [1.807, 2.05) is 36.4 Å². The number of ether oxygens (including phenoxy) is 1. The van der Waals surface area contributed by atoms with Crippen LogP contribution in [0.25, 0.3) is 22.2 Å². The molecule has 0 spiro atoms. The van der Waals surface area contributed by atoms with E-state index in [9.17, 15) is 14.9 Å². The summed E-state index contributed by atoms with van der Waals surface area (Å²) in [6.45, 7) is 3.42. The van der Waals surface area contributed by atoms with E-state index in [1.165, 1.54) is 4.57 Å². The lowest BCUT2D eigenvalue weighted by molar-refractivity contribution is -0.123. The molecule has 0 aliphatic carbocycles. The molecule has 1 aliphatic heterocycles. The number of aryl methyl sites for hydroxylation is 1. The van der Waals surface area contributed by atoms with Gasteiger partial charge in [0, 0.05) is 26.7 Å². The van der Waals surface area contributed by atoms with Gasteiger partial charge < -0.3 is 20.2 Å². The van der Waals surface area contributed by atoms with Gasteiger partial charge in [-0.25, -0.2) is 4.79 Å². The average molecular weight is 449 g/mol. The number of aromatic nitrogens is 1. The van der Waals surface area contributed by atoms with Crippen LogP contribution in [0.1, 0.15) is 18.9 Å². The molecule has 33 heavy (non-hydrogen) atoms. The molecule has 172 valence electrons. The zero-order valence-electron chi connectivity index (χ0n) is 18.8. The number of nitrogens with two attached hydrogens (primary N) is 1. The lowest BCUT2D eigenvalue weighted by Gasteiger charge is -2.20. The van der Waals surface area contributed by atoms with Crippen molar-refractivity contribution >= 4 is 17.0 Å². The molecule has 3 aromatic rings. The van der Waals surface area contributed by atoms with Crippen molar-refractivity contribution in [1.29, 1.82) is 5.26 Å². The number of nitriles is 1. The van der Waals surface area contributed by atoms with Gasteiger partial charge in [-0.15, -0.1) is 0 Å². The number of hydrogen-bond donors (Lipinski definition) is 2. The molecule has 4 rings (SSSR count). The zero-order valence-corrected chi connectivity index (χ0v) is 18.8. The summed E-state index contributed by atoms with van der Waals surface area (Å²) >= 11 is 0. The zero-order chi connectivity index (χ0) is 23.5. The Morgan fingerprint density at radius 1 is 1.24 bits per heavy atom. The number of amides is 1. The number of carbonyl (C=O) groups excluding carboxylic acids is 1. The van der Waals surface area contributed by atoms with Crippen LogP contribution in [0.3, 0.4) is 0 Å². The second-order valence-corrected chi connectivity index (χ2v) is 8.82. The number of rotatable bonds is 7. The van der Waals surface area contributed by atoms with Crippen molar-refractivity contribution in [2.75, 3.05) is 13.2 Å². The summed E-state index contributed by atoms with van der Waals surface area (Å²) in [5.41, 5.74) is 10.2. The van der Waals surface area contributed by atoms with Gasteiger partial charge in [0.2, 0.25) is 5.91 Å². The fourth-order valence-electron chi connectivity index (χ4n) is 4.22. The molecule has 1 saturated heterocycles. The minimum atomic E-state index is -0.663. The summed E-state index contributed by atoms with van der Waals surface area (Å²) in [4.78, 5) is 24.2. The van der Waals surface area contributed by atoms with Gasteiger partial charge in [0.15, 0.2) is 5.58 Å². The second kappa shape index (κ2) is 9.61. The quantitative estimate of drug-likeness (QED) is 0.572. The fourth-order valence-corrected chi connectivity index (χ4v) is 4.22. The summed E-state index contributed by atoms with van der Waals surface area (Å²) in [5.74, 6) is -0.0556. The molecule has 0 bridgehead atoms. The maximum atomic E-state index is 12.5. The molecule has 8 nitrogen and oxygen atoms in total. The Labute approximate surface area is 191 Å². The Morgan fingerprint density at radius 2 is 1.97 bits per heavy atom. The van der Waals surface area contributed by atoms with Gasteiger partial charge in [0.05, 0.1) is 17.6 Å². The van der Waals surface area contributed by atoms with Crippen molar-refractivity contribution < 1.29 is 13.9 Å². The van der Waals surface area contributed by atoms with Gasteiger partial charge in [0.1, 0.15) is 6.04 Å². The first kappa shape index (κ1) is 22.8. The highest BCUT2D eigenvalue weighted by atomic mass is 16.5. The molecule has 4 atom stereocenters. The van der Waals surface area contributed by atoms with E-state index in [4.69, 9.17) is 14.9 Å². The summed E-state index contributed by atoms with van der Waals surface area (Å²) in [6, 6.07) is 14.2. The summed E-state index contributed by atoms with van der Waals surface area (Å²) in [5, 5.41) is 12.3. The Balaban J connectivity index is 1.39. The van der Waals surface area contributed by atoms with Gasteiger partial charge >= 0.3 is 5.76 Å². The van der Waals surface area contributed by atoms with Crippen LogP contribution < -0.4 is 16.8 Å². The third kappa shape index (κ3) is 5.00. The molecule has 2 heterocycles. The molecule has 1 aliphatic rings. The number of nitrogens with zero attached hydrogens (tertiary/aromatic N) is 2. The highest BCUT2D eigenvalue weighted by Crippen LogP contribution is 2.25. The first-order chi connectivity index (χ1) is 15.9. The van der Waals surface area contributed by atoms with Crippen LogP contribution in [0.2, 0.25) is 0 Å². The van der Waals surface area contributed by atoms with E-state index in [0.717, 1.165) is 22.2 Å². The largest absolute Gasteiger partial charge is 0.419 e. The smallest absolute Gasteiger partial charge is 0.408 e. The molecule has 1 amide bonds. The van der Waals surface area contributed by atoms with Crippen LogP contribution in [-0.2, 0) is 23.0 Å². The molecule has 1 fully saturated rings. The number of nitrogens with one attached hydrogen (secondary N) is 1. The predicted molar refractivity (Wildman–Crippen MR) is 124 cm³/mol. The molecule has 8 heteroatoms. The van der Waals surface area contributed by atoms with Crippen LogP contribution in [0, 0.1) is 23.2 Å². The van der Waals surface area contributed by atoms with E-state index < -0.39 is 17.8 Å². The third-order valence-corrected chi connectivity index (χ3v) is 6.40. The molecular formula is C25H28N4O4. The monoisotopic (exact) mass is 448 g/mol. The maximum Gasteiger partial charge on any atom is 0.419 e. The minimum Gasteiger partial charge on any atom is -0.408 e. The topological polar surface area (TPSA) is 123 Å². The molecule has 1 aromatic heterocycles. The Kier molecular flexibility index (Phi) is 6.63. The molecule has 1 unspecified atom stereocenters. The van der Waals surface area contributed by atoms with Crippen LogP contribution in [0.15, 0.2) is 51.7 Å².